The molecule has 0 aromatic rings. The quantitative estimate of drug-likeness (QED) is 0.750. The Labute approximate surface area is 74.7 Å². The highest BCUT2D eigenvalue weighted by Crippen LogP contribution is 2.32. The Morgan fingerprint density at radius 1 is 1.23 bits per heavy atom. The molecule has 0 saturated heterocycles. The second-order valence-corrected chi connectivity index (χ2v) is 3.48. The number of aliphatic hydroxyl groups excluding tert-OH is 1. The summed E-state index contributed by atoms with van der Waals surface area (Å²) in [4.78, 5) is 0. The van der Waals surface area contributed by atoms with Crippen LogP contribution in [0.25, 0.3) is 0 Å². The fraction of sp³-hybridized carbons (Fsp3) is 1.00. The number of halogens is 3. The maximum Gasteiger partial charge on any atom is 0.522 e. The smallest absolute Gasteiger partial charge is 0.396 e. The number of rotatable bonds is 3. The Morgan fingerprint density at radius 3 is 2.31 bits per heavy atom. The minimum Gasteiger partial charge on any atom is -0.396 e. The number of ether oxygens (including phenoxy) is 1. The first-order valence-electron chi connectivity index (χ1n) is 4.33. The lowest BCUT2D eigenvalue weighted by atomic mass is 10.1. The zero-order valence-electron chi connectivity index (χ0n) is 7.18. The summed E-state index contributed by atoms with van der Waals surface area (Å²) in [6.45, 7) is -0.192. The van der Waals surface area contributed by atoms with Gasteiger partial charge in [-0.2, -0.15) is 0 Å². The van der Waals surface area contributed by atoms with Crippen molar-refractivity contribution in [1.29, 1.82) is 0 Å². The van der Waals surface area contributed by atoms with Gasteiger partial charge in [-0.05, 0) is 31.1 Å². The molecule has 2 nitrogen and oxygen atoms in total. The highest BCUT2D eigenvalue weighted by atomic mass is 19.4. The van der Waals surface area contributed by atoms with Gasteiger partial charge >= 0.3 is 6.36 Å². The van der Waals surface area contributed by atoms with Crippen LogP contribution in [0.2, 0.25) is 0 Å². The Hall–Kier alpha value is -0.290. The fourth-order valence-corrected chi connectivity index (χ4v) is 1.71. The highest BCUT2D eigenvalue weighted by molar-refractivity contribution is 4.74. The van der Waals surface area contributed by atoms with Gasteiger partial charge in [0.25, 0.3) is 0 Å². The molecule has 1 fully saturated rings. The summed E-state index contributed by atoms with van der Waals surface area (Å²) in [6.07, 6.45) is -2.34. The molecule has 0 bridgehead atoms. The SMILES string of the molecule is OC[C@@H]1CC[C@@H](COC(F)(F)F)C1. The topological polar surface area (TPSA) is 29.5 Å². The van der Waals surface area contributed by atoms with Crippen molar-refractivity contribution in [1.82, 2.24) is 0 Å². The van der Waals surface area contributed by atoms with E-state index >= 15 is 0 Å². The van der Waals surface area contributed by atoms with Gasteiger partial charge in [-0.1, -0.05) is 0 Å². The molecule has 0 radical (unpaired) electrons. The van der Waals surface area contributed by atoms with Crippen LogP contribution in [0, 0.1) is 11.8 Å². The van der Waals surface area contributed by atoms with Crippen LogP contribution in [0.1, 0.15) is 19.3 Å². The van der Waals surface area contributed by atoms with Crippen LogP contribution in [0.5, 0.6) is 0 Å². The molecule has 1 aliphatic carbocycles. The van der Waals surface area contributed by atoms with Crippen molar-refractivity contribution < 1.29 is 23.0 Å². The van der Waals surface area contributed by atoms with Gasteiger partial charge in [-0.15, -0.1) is 13.2 Å². The largest absolute Gasteiger partial charge is 0.522 e. The summed E-state index contributed by atoms with van der Waals surface area (Å²) in [5, 5.41) is 8.75. The van der Waals surface area contributed by atoms with Crippen molar-refractivity contribution in [2.24, 2.45) is 11.8 Å². The van der Waals surface area contributed by atoms with Gasteiger partial charge in [0.05, 0.1) is 6.61 Å². The third kappa shape index (κ3) is 3.95. The van der Waals surface area contributed by atoms with E-state index in [1.165, 1.54) is 0 Å². The van der Waals surface area contributed by atoms with Crippen LogP contribution in [0.3, 0.4) is 0 Å². The van der Waals surface area contributed by atoms with Gasteiger partial charge in [-0.3, -0.25) is 4.74 Å². The average Bonchev–Trinajstić information content (AvgIpc) is 2.47. The molecular formula is C8H13F3O2. The van der Waals surface area contributed by atoms with Crippen LogP contribution < -0.4 is 0 Å². The lowest BCUT2D eigenvalue weighted by Crippen LogP contribution is -2.18. The van der Waals surface area contributed by atoms with E-state index in [-0.39, 0.29) is 25.0 Å². The number of hydrogen-bond acceptors (Lipinski definition) is 2. The second kappa shape index (κ2) is 4.28. The summed E-state index contributed by atoms with van der Waals surface area (Å²) < 4.78 is 38.6. The Balaban J connectivity index is 2.17. The maximum absolute atomic E-state index is 11.6. The first-order chi connectivity index (χ1) is 6.01. The predicted octanol–water partition coefficient (Wildman–Crippen LogP) is 1.93. The van der Waals surface area contributed by atoms with Crippen molar-refractivity contribution in [3.8, 4) is 0 Å². The maximum atomic E-state index is 11.6. The Morgan fingerprint density at radius 2 is 1.85 bits per heavy atom. The minimum atomic E-state index is -4.52. The van der Waals surface area contributed by atoms with Gasteiger partial charge < -0.3 is 5.11 Å². The number of alkyl halides is 3. The number of hydrogen-bond donors (Lipinski definition) is 1. The molecule has 13 heavy (non-hydrogen) atoms. The molecule has 5 heteroatoms. The monoisotopic (exact) mass is 198 g/mol. The third-order valence-electron chi connectivity index (χ3n) is 2.39. The normalized spacial score (nSPS) is 29.5. The van der Waals surface area contributed by atoms with Crippen molar-refractivity contribution in [2.45, 2.75) is 25.6 Å². The highest BCUT2D eigenvalue weighted by Gasteiger charge is 2.32. The van der Waals surface area contributed by atoms with Crippen molar-refractivity contribution in [3.05, 3.63) is 0 Å². The lowest BCUT2D eigenvalue weighted by Gasteiger charge is -2.12. The summed E-state index contributed by atoms with van der Waals surface area (Å²) >= 11 is 0. The van der Waals surface area contributed by atoms with Crippen LogP contribution in [0.4, 0.5) is 13.2 Å². The van der Waals surface area contributed by atoms with Gasteiger partial charge in [0.1, 0.15) is 0 Å². The van der Waals surface area contributed by atoms with E-state index in [1.54, 1.807) is 0 Å². The van der Waals surface area contributed by atoms with E-state index in [0.29, 0.717) is 6.42 Å². The summed E-state index contributed by atoms with van der Waals surface area (Å²) in [5.74, 6) is 0.126. The second-order valence-electron chi connectivity index (χ2n) is 3.48. The van der Waals surface area contributed by atoms with Gasteiger partial charge in [-0.25, -0.2) is 0 Å². The molecule has 1 saturated carbocycles. The average molecular weight is 198 g/mol. The fourth-order valence-electron chi connectivity index (χ4n) is 1.71. The van der Waals surface area contributed by atoms with E-state index < -0.39 is 6.36 Å². The number of aliphatic hydroxyl groups is 1. The van der Waals surface area contributed by atoms with E-state index in [1.807, 2.05) is 0 Å². The molecule has 0 heterocycles. The summed E-state index contributed by atoms with van der Waals surface area (Å²) in [6, 6.07) is 0. The molecule has 0 aliphatic heterocycles. The summed E-state index contributed by atoms with van der Waals surface area (Å²) in [7, 11) is 0. The standard InChI is InChI=1S/C8H13F3O2/c9-8(10,11)13-5-7-2-1-6(3-7)4-12/h6-7,12H,1-5H2/t6-,7-/m1/s1. The van der Waals surface area contributed by atoms with Gasteiger partial charge in [0.15, 0.2) is 0 Å². The third-order valence-corrected chi connectivity index (χ3v) is 2.39. The van der Waals surface area contributed by atoms with Gasteiger partial charge in [0.2, 0.25) is 0 Å². The van der Waals surface area contributed by atoms with E-state index in [0.717, 1.165) is 12.8 Å². The van der Waals surface area contributed by atoms with E-state index in [4.69, 9.17) is 5.11 Å². The van der Waals surface area contributed by atoms with Crippen LogP contribution >= 0.6 is 0 Å². The van der Waals surface area contributed by atoms with Crippen LogP contribution in [0.15, 0.2) is 0 Å². The molecule has 0 aromatic heterocycles. The molecule has 1 rings (SSSR count). The summed E-state index contributed by atoms with van der Waals surface area (Å²) in [5.41, 5.74) is 0. The predicted molar refractivity (Wildman–Crippen MR) is 39.9 cm³/mol. The molecule has 1 aliphatic rings. The molecule has 78 valence electrons. The van der Waals surface area contributed by atoms with E-state index in [2.05, 4.69) is 4.74 Å². The van der Waals surface area contributed by atoms with Crippen molar-refractivity contribution >= 4 is 0 Å². The lowest BCUT2D eigenvalue weighted by molar-refractivity contribution is -0.328. The Kier molecular flexibility index (Phi) is 3.55. The van der Waals surface area contributed by atoms with Crippen LogP contribution in [-0.4, -0.2) is 24.7 Å². The van der Waals surface area contributed by atoms with E-state index in [9.17, 15) is 13.2 Å². The molecule has 2 atom stereocenters. The molecule has 0 aromatic carbocycles. The first-order valence-corrected chi connectivity index (χ1v) is 4.33. The van der Waals surface area contributed by atoms with Crippen molar-refractivity contribution in [3.63, 3.8) is 0 Å². The molecule has 1 N–H and O–H groups in total. The Bertz CT molecular complexity index is 158. The van der Waals surface area contributed by atoms with Gasteiger partial charge in [0, 0.05) is 6.61 Å². The zero-order valence-corrected chi connectivity index (χ0v) is 7.18. The zero-order chi connectivity index (χ0) is 9.90. The molecule has 0 spiro atoms. The molecule has 0 unspecified atom stereocenters. The molecule has 0 amide bonds. The van der Waals surface area contributed by atoms with Crippen LogP contribution in [-0.2, 0) is 4.74 Å². The minimum absolute atomic E-state index is 0.0428. The molecular weight excluding hydrogens is 185 g/mol. The van der Waals surface area contributed by atoms with Crippen molar-refractivity contribution in [2.75, 3.05) is 13.2 Å². The first kappa shape index (κ1) is 10.8.